The Morgan fingerprint density at radius 2 is 1.92 bits per heavy atom. The first-order valence-corrected chi connectivity index (χ1v) is 13.1. The number of thiocarbonyl (C=S) groups is 1. The summed E-state index contributed by atoms with van der Waals surface area (Å²) in [5.74, 6) is 0.653. The molecular formula is C28H37N3O4S. The van der Waals surface area contributed by atoms with E-state index in [4.69, 9.17) is 21.7 Å². The van der Waals surface area contributed by atoms with Crippen molar-refractivity contribution in [1.29, 1.82) is 0 Å². The Morgan fingerprint density at radius 1 is 1.17 bits per heavy atom. The molecule has 1 heterocycles. The molecule has 1 unspecified atom stereocenters. The minimum absolute atomic E-state index is 0.0832. The Hall–Kier alpha value is -2.84. The molecule has 4 rings (SSSR count). The number of aliphatic carboxylic acids is 1. The molecule has 0 aromatic heterocycles. The molecule has 0 spiro atoms. The lowest BCUT2D eigenvalue weighted by atomic mass is 9.65. The number of fused-ring (bicyclic) bond motifs is 1. The van der Waals surface area contributed by atoms with Crippen LogP contribution >= 0.6 is 12.2 Å². The number of hydrogen-bond acceptors (Lipinski definition) is 5. The highest BCUT2D eigenvalue weighted by Crippen LogP contribution is 2.51. The third-order valence-corrected chi connectivity index (χ3v) is 8.22. The first-order chi connectivity index (χ1) is 17.4. The van der Waals surface area contributed by atoms with Crippen molar-refractivity contribution in [2.45, 2.75) is 69.1 Å². The minimum Gasteiger partial charge on any atom is -0.493 e. The van der Waals surface area contributed by atoms with Gasteiger partial charge in [0.15, 0.2) is 16.6 Å². The Labute approximate surface area is 219 Å². The zero-order valence-corrected chi connectivity index (χ0v) is 22.1. The molecule has 36 heavy (non-hydrogen) atoms. The Morgan fingerprint density at radius 3 is 2.58 bits per heavy atom. The summed E-state index contributed by atoms with van der Waals surface area (Å²) in [6, 6.07) is 16.1. The van der Waals surface area contributed by atoms with Crippen molar-refractivity contribution in [2.24, 2.45) is 0 Å². The van der Waals surface area contributed by atoms with Gasteiger partial charge in [-0.3, -0.25) is 9.69 Å². The van der Waals surface area contributed by atoms with Crippen molar-refractivity contribution < 1.29 is 19.4 Å². The van der Waals surface area contributed by atoms with Gasteiger partial charge in [0.1, 0.15) is 6.04 Å². The number of carboxylic acids is 1. The van der Waals surface area contributed by atoms with Crippen molar-refractivity contribution in [2.75, 3.05) is 20.8 Å². The Balaban J connectivity index is 1.55. The Bertz CT molecular complexity index is 1070. The molecule has 2 aliphatic rings. The summed E-state index contributed by atoms with van der Waals surface area (Å²) in [5.41, 5.74) is 2.22. The fraction of sp³-hybridized carbons (Fsp3) is 0.500. The summed E-state index contributed by atoms with van der Waals surface area (Å²) in [4.78, 5) is 14.4. The van der Waals surface area contributed by atoms with Crippen molar-refractivity contribution in [1.82, 2.24) is 15.5 Å². The highest BCUT2D eigenvalue weighted by Gasteiger charge is 2.53. The third kappa shape index (κ3) is 5.30. The van der Waals surface area contributed by atoms with Crippen LogP contribution in [0.3, 0.4) is 0 Å². The number of benzene rings is 2. The smallest absolute Gasteiger partial charge is 0.320 e. The van der Waals surface area contributed by atoms with E-state index in [1.807, 2.05) is 31.2 Å². The number of rotatable bonds is 9. The van der Waals surface area contributed by atoms with Gasteiger partial charge in [0.2, 0.25) is 0 Å². The molecule has 1 aliphatic heterocycles. The molecule has 8 heteroatoms. The van der Waals surface area contributed by atoms with Crippen molar-refractivity contribution in [3.05, 3.63) is 59.7 Å². The molecule has 3 N–H and O–H groups in total. The number of hydrogen-bond donors (Lipinski definition) is 3. The molecule has 194 valence electrons. The van der Waals surface area contributed by atoms with Crippen LogP contribution in [0.25, 0.3) is 0 Å². The highest BCUT2D eigenvalue weighted by atomic mass is 32.1. The van der Waals surface area contributed by atoms with Crippen LogP contribution in [-0.4, -0.2) is 60.0 Å². The lowest BCUT2D eigenvalue weighted by molar-refractivity contribution is -0.144. The third-order valence-electron chi connectivity index (χ3n) is 7.96. The summed E-state index contributed by atoms with van der Waals surface area (Å²) >= 11 is 5.62. The van der Waals surface area contributed by atoms with E-state index in [0.29, 0.717) is 29.6 Å². The first kappa shape index (κ1) is 26.2. The lowest BCUT2D eigenvalue weighted by Crippen LogP contribution is -2.56. The summed E-state index contributed by atoms with van der Waals surface area (Å²) < 4.78 is 11.1. The van der Waals surface area contributed by atoms with E-state index in [0.717, 1.165) is 32.2 Å². The number of carboxylic acid groups (broad SMARTS) is 1. The zero-order chi connectivity index (χ0) is 25.7. The average Bonchev–Trinajstić information content (AvgIpc) is 3.27. The largest absolute Gasteiger partial charge is 0.493 e. The zero-order valence-electron chi connectivity index (χ0n) is 21.3. The number of likely N-dealkylation sites (tertiary alicyclic amines) is 1. The molecule has 2 fully saturated rings. The molecule has 1 aliphatic carbocycles. The number of nitrogens with zero attached hydrogens (tertiary/aromatic N) is 1. The van der Waals surface area contributed by atoms with Crippen LogP contribution in [0, 0.1) is 0 Å². The maximum atomic E-state index is 12.2. The van der Waals surface area contributed by atoms with E-state index in [2.05, 4.69) is 39.8 Å². The number of ether oxygens (including phenoxy) is 2. The van der Waals surface area contributed by atoms with Crippen LogP contribution in [0.1, 0.15) is 50.2 Å². The number of methoxy groups -OCH3 is 2. The van der Waals surface area contributed by atoms with Gasteiger partial charge in [-0.2, -0.15) is 0 Å². The van der Waals surface area contributed by atoms with Gasteiger partial charge < -0.3 is 25.2 Å². The molecule has 0 amide bonds. The Kier molecular flexibility index (Phi) is 8.36. The molecule has 1 saturated carbocycles. The van der Waals surface area contributed by atoms with E-state index in [1.165, 1.54) is 11.1 Å². The van der Waals surface area contributed by atoms with Crippen LogP contribution in [-0.2, 0) is 16.8 Å². The molecule has 0 radical (unpaired) electrons. The van der Waals surface area contributed by atoms with Gasteiger partial charge in [-0.25, -0.2) is 0 Å². The lowest BCUT2D eigenvalue weighted by Gasteiger charge is -2.46. The van der Waals surface area contributed by atoms with Gasteiger partial charge in [-0.15, -0.1) is 0 Å². The number of carbonyl (C=O) groups is 1. The van der Waals surface area contributed by atoms with Crippen molar-refractivity contribution in [3.63, 3.8) is 0 Å². The second kappa shape index (κ2) is 11.5. The van der Waals surface area contributed by atoms with Crippen molar-refractivity contribution >= 4 is 23.3 Å². The quantitative estimate of drug-likeness (QED) is 0.434. The van der Waals surface area contributed by atoms with E-state index < -0.39 is 12.0 Å². The average molecular weight is 512 g/mol. The molecule has 4 atom stereocenters. The fourth-order valence-corrected chi connectivity index (χ4v) is 6.38. The van der Waals surface area contributed by atoms with Gasteiger partial charge in [-0.05, 0) is 67.6 Å². The fourth-order valence-electron chi connectivity index (χ4n) is 6.14. The summed E-state index contributed by atoms with van der Waals surface area (Å²) in [6.45, 7) is 3.38. The SMILES string of the molecule is CCC(C(=O)O)N1CC[C@]2(c3ccc(OC)c(OC)c3)CC[C@H](NC(=S)NCc3ccccc3)C[C@@H]12. The molecular weight excluding hydrogens is 474 g/mol. The van der Waals surface area contributed by atoms with Crippen molar-refractivity contribution in [3.8, 4) is 11.5 Å². The van der Waals surface area contributed by atoms with Gasteiger partial charge in [0, 0.05) is 30.6 Å². The van der Waals surface area contributed by atoms with Gasteiger partial charge in [0.05, 0.1) is 14.2 Å². The van der Waals surface area contributed by atoms with Crippen LogP contribution in [0.2, 0.25) is 0 Å². The second-order valence-electron chi connectivity index (χ2n) is 9.78. The van der Waals surface area contributed by atoms with Gasteiger partial charge >= 0.3 is 5.97 Å². The minimum atomic E-state index is -0.754. The molecule has 2 aromatic rings. The standard InChI is InChI=1S/C28H37N3O4S/c1-4-22(26(32)33)31-15-14-28(20-10-11-23(34-2)24(16-20)35-3)13-12-21(17-25(28)31)30-27(36)29-18-19-8-6-5-7-9-19/h5-11,16,21-22,25H,4,12-15,17-18H2,1-3H3,(H,32,33)(H2,29,30,36)/t21-,22?,25+,28-/m0/s1. The van der Waals surface area contributed by atoms with E-state index in [-0.39, 0.29) is 17.5 Å². The normalized spacial score (nSPS) is 24.4. The topological polar surface area (TPSA) is 83.1 Å². The maximum absolute atomic E-state index is 12.2. The second-order valence-corrected chi connectivity index (χ2v) is 10.2. The summed E-state index contributed by atoms with van der Waals surface area (Å²) in [6.07, 6.45) is 4.21. The van der Waals surface area contributed by atoms with Gasteiger partial charge in [-0.1, -0.05) is 43.3 Å². The van der Waals surface area contributed by atoms with Crippen LogP contribution in [0.5, 0.6) is 11.5 Å². The van der Waals surface area contributed by atoms with Crippen LogP contribution in [0.15, 0.2) is 48.5 Å². The monoisotopic (exact) mass is 511 g/mol. The maximum Gasteiger partial charge on any atom is 0.320 e. The molecule has 1 saturated heterocycles. The first-order valence-electron chi connectivity index (χ1n) is 12.7. The van der Waals surface area contributed by atoms with E-state index in [9.17, 15) is 9.90 Å². The highest BCUT2D eigenvalue weighted by molar-refractivity contribution is 7.80. The van der Waals surface area contributed by atoms with E-state index in [1.54, 1.807) is 14.2 Å². The van der Waals surface area contributed by atoms with E-state index >= 15 is 0 Å². The predicted molar refractivity (Wildman–Crippen MR) is 145 cm³/mol. The molecule has 7 nitrogen and oxygen atoms in total. The predicted octanol–water partition coefficient (Wildman–Crippen LogP) is 4.10. The number of nitrogens with one attached hydrogen (secondary N) is 2. The molecule has 2 aromatic carbocycles. The van der Waals surface area contributed by atoms with Crippen LogP contribution < -0.4 is 20.1 Å². The summed E-state index contributed by atoms with van der Waals surface area (Å²) in [7, 11) is 3.29. The molecule has 0 bridgehead atoms. The van der Waals surface area contributed by atoms with Gasteiger partial charge in [0.25, 0.3) is 0 Å². The summed E-state index contributed by atoms with van der Waals surface area (Å²) in [5, 5.41) is 17.5. The van der Waals surface area contributed by atoms with Crippen LogP contribution in [0.4, 0.5) is 0 Å².